The van der Waals surface area contributed by atoms with Crippen LogP contribution in [-0.2, 0) is 24.2 Å². The lowest BCUT2D eigenvalue weighted by Gasteiger charge is -2.27. The Labute approximate surface area is 142 Å². The molecule has 0 aromatic rings. The maximum atomic E-state index is 12.3. The SMILES string of the molecule is CC(=O)NCCN(C(=O)CCS(=O)(=O)C1CCCC1)C(C)C(=O)O. The van der Waals surface area contributed by atoms with E-state index in [4.69, 9.17) is 5.11 Å². The van der Waals surface area contributed by atoms with Gasteiger partial charge in [-0.1, -0.05) is 12.8 Å². The molecular weight excluding hydrogens is 336 g/mol. The number of carbonyl (C=O) groups is 3. The number of rotatable bonds is 9. The van der Waals surface area contributed by atoms with Crippen molar-refractivity contribution in [1.29, 1.82) is 0 Å². The number of carbonyl (C=O) groups excluding carboxylic acids is 2. The van der Waals surface area contributed by atoms with Crippen molar-refractivity contribution in [2.24, 2.45) is 0 Å². The summed E-state index contributed by atoms with van der Waals surface area (Å²) in [5.41, 5.74) is 0. The fourth-order valence-corrected chi connectivity index (χ4v) is 4.65. The van der Waals surface area contributed by atoms with E-state index in [1.165, 1.54) is 13.8 Å². The average molecular weight is 362 g/mol. The molecule has 1 fully saturated rings. The lowest BCUT2D eigenvalue weighted by Crippen LogP contribution is -2.47. The molecule has 0 spiro atoms. The van der Waals surface area contributed by atoms with Crippen molar-refractivity contribution in [2.75, 3.05) is 18.8 Å². The highest BCUT2D eigenvalue weighted by atomic mass is 32.2. The molecule has 1 aliphatic rings. The van der Waals surface area contributed by atoms with E-state index in [1.807, 2.05) is 0 Å². The van der Waals surface area contributed by atoms with Gasteiger partial charge >= 0.3 is 5.97 Å². The van der Waals surface area contributed by atoms with Crippen LogP contribution < -0.4 is 5.32 Å². The summed E-state index contributed by atoms with van der Waals surface area (Å²) in [5, 5.41) is 11.2. The first-order valence-electron chi connectivity index (χ1n) is 8.13. The molecule has 9 heteroatoms. The Balaban J connectivity index is 2.65. The summed E-state index contributed by atoms with van der Waals surface area (Å²) in [5.74, 6) is -2.25. The highest BCUT2D eigenvalue weighted by Gasteiger charge is 2.31. The van der Waals surface area contributed by atoms with Crippen molar-refractivity contribution in [1.82, 2.24) is 10.2 Å². The fourth-order valence-electron chi connectivity index (χ4n) is 2.81. The minimum atomic E-state index is -3.33. The molecule has 0 aromatic carbocycles. The van der Waals surface area contributed by atoms with Gasteiger partial charge in [-0.15, -0.1) is 0 Å². The molecule has 8 nitrogen and oxygen atoms in total. The molecule has 0 heterocycles. The number of carboxylic acids is 1. The Hall–Kier alpha value is -1.64. The van der Waals surface area contributed by atoms with Crippen LogP contribution >= 0.6 is 0 Å². The van der Waals surface area contributed by atoms with Gasteiger partial charge in [-0.3, -0.25) is 9.59 Å². The second-order valence-electron chi connectivity index (χ2n) is 6.11. The lowest BCUT2D eigenvalue weighted by molar-refractivity contribution is -0.149. The van der Waals surface area contributed by atoms with Crippen molar-refractivity contribution in [3.05, 3.63) is 0 Å². The van der Waals surface area contributed by atoms with E-state index in [2.05, 4.69) is 5.32 Å². The second kappa shape index (κ2) is 9.00. The Morgan fingerprint density at radius 2 is 1.83 bits per heavy atom. The number of amides is 2. The van der Waals surface area contributed by atoms with Gasteiger partial charge in [0.1, 0.15) is 6.04 Å². The highest BCUT2D eigenvalue weighted by Crippen LogP contribution is 2.25. The Morgan fingerprint density at radius 3 is 2.33 bits per heavy atom. The van der Waals surface area contributed by atoms with E-state index in [0.717, 1.165) is 17.7 Å². The molecule has 0 aliphatic heterocycles. The molecule has 2 amide bonds. The minimum absolute atomic E-state index is 0.0232. The zero-order chi connectivity index (χ0) is 18.3. The van der Waals surface area contributed by atoms with Crippen molar-refractivity contribution >= 4 is 27.6 Å². The summed E-state index contributed by atoms with van der Waals surface area (Å²) >= 11 is 0. The van der Waals surface area contributed by atoms with Crippen LogP contribution in [0.15, 0.2) is 0 Å². The number of aliphatic carboxylic acids is 1. The zero-order valence-corrected chi connectivity index (χ0v) is 15.0. The van der Waals surface area contributed by atoms with Crippen molar-refractivity contribution in [2.45, 2.75) is 57.2 Å². The topological polar surface area (TPSA) is 121 Å². The molecule has 1 unspecified atom stereocenters. The third-order valence-corrected chi connectivity index (χ3v) is 6.54. The lowest BCUT2D eigenvalue weighted by atomic mass is 10.2. The summed E-state index contributed by atoms with van der Waals surface area (Å²) in [6.45, 7) is 2.82. The third kappa shape index (κ3) is 6.10. The molecule has 2 N–H and O–H groups in total. The molecule has 1 saturated carbocycles. The standard InChI is InChI=1S/C15H26N2O6S/c1-11(15(20)21)17(9-8-16-12(2)18)14(19)7-10-24(22,23)13-5-3-4-6-13/h11,13H,3-10H2,1-2H3,(H,16,18)(H,20,21). The molecule has 1 atom stereocenters. The normalized spacial score (nSPS) is 16.6. The molecule has 24 heavy (non-hydrogen) atoms. The maximum absolute atomic E-state index is 12.3. The van der Waals surface area contributed by atoms with Crippen LogP contribution in [0.4, 0.5) is 0 Å². The van der Waals surface area contributed by atoms with Crippen molar-refractivity contribution in [3.63, 3.8) is 0 Å². The fraction of sp³-hybridized carbons (Fsp3) is 0.800. The smallest absolute Gasteiger partial charge is 0.326 e. The van der Waals surface area contributed by atoms with Crippen LogP contribution in [0.1, 0.15) is 46.0 Å². The van der Waals surface area contributed by atoms with Gasteiger partial charge < -0.3 is 15.3 Å². The number of nitrogens with one attached hydrogen (secondary N) is 1. The zero-order valence-electron chi connectivity index (χ0n) is 14.2. The van der Waals surface area contributed by atoms with Crippen LogP contribution in [0.3, 0.4) is 0 Å². The monoisotopic (exact) mass is 362 g/mol. The first-order valence-corrected chi connectivity index (χ1v) is 9.85. The summed E-state index contributed by atoms with van der Waals surface area (Å²) in [7, 11) is -3.33. The highest BCUT2D eigenvalue weighted by molar-refractivity contribution is 7.92. The Bertz CT molecular complexity index is 569. The first kappa shape index (κ1) is 20.4. The number of sulfone groups is 1. The summed E-state index contributed by atoms with van der Waals surface area (Å²) in [6, 6.07) is -1.08. The van der Waals surface area contributed by atoms with Crippen LogP contribution in [0.5, 0.6) is 0 Å². The van der Waals surface area contributed by atoms with Gasteiger partial charge in [0.25, 0.3) is 0 Å². The number of carboxylic acid groups (broad SMARTS) is 1. The van der Waals surface area contributed by atoms with E-state index in [9.17, 15) is 22.8 Å². The molecule has 0 aromatic heterocycles. The van der Waals surface area contributed by atoms with Crippen molar-refractivity contribution in [3.8, 4) is 0 Å². The van der Waals surface area contributed by atoms with Crippen LogP contribution in [0, 0.1) is 0 Å². The predicted octanol–water partition coefficient (Wildman–Crippen LogP) is 0.172. The van der Waals surface area contributed by atoms with Crippen LogP contribution in [-0.4, -0.2) is 66.3 Å². The minimum Gasteiger partial charge on any atom is -0.480 e. The quantitative estimate of drug-likeness (QED) is 0.603. The third-order valence-electron chi connectivity index (χ3n) is 4.28. The molecule has 0 radical (unpaired) electrons. The average Bonchev–Trinajstić information content (AvgIpc) is 3.03. The Kier molecular flexibility index (Phi) is 7.65. The molecular formula is C15H26N2O6S. The van der Waals surface area contributed by atoms with Crippen LogP contribution in [0.2, 0.25) is 0 Å². The maximum Gasteiger partial charge on any atom is 0.326 e. The van der Waals surface area contributed by atoms with E-state index in [0.29, 0.717) is 12.8 Å². The number of hydrogen-bond acceptors (Lipinski definition) is 5. The first-order chi connectivity index (χ1) is 11.1. The summed E-state index contributed by atoms with van der Waals surface area (Å²) in [6.07, 6.45) is 2.80. The molecule has 1 rings (SSSR count). The number of nitrogens with zero attached hydrogens (tertiary/aromatic N) is 1. The summed E-state index contributed by atoms with van der Waals surface area (Å²) in [4.78, 5) is 35.5. The van der Waals surface area contributed by atoms with E-state index in [-0.39, 0.29) is 36.4 Å². The van der Waals surface area contributed by atoms with Gasteiger partial charge in [0.05, 0.1) is 11.0 Å². The van der Waals surface area contributed by atoms with E-state index >= 15 is 0 Å². The molecule has 1 aliphatic carbocycles. The second-order valence-corrected chi connectivity index (χ2v) is 8.51. The molecule has 138 valence electrons. The largest absolute Gasteiger partial charge is 0.480 e. The van der Waals surface area contributed by atoms with Gasteiger partial charge in [-0.25, -0.2) is 13.2 Å². The van der Waals surface area contributed by atoms with Crippen molar-refractivity contribution < 1.29 is 27.9 Å². The summed E-state index contributed by atoms with van der Waals surface area (Å²) < 4.78 is 24.4. The van der Waals surface area contributed by atoms with Gasteiger partial charge in [-0.2, -0.15) is 0 Å². The number of hydrogen-bond donors (Lipinski definition) is 2. The Morgan fingerprint density at radius 1 is 1.25 bits per heavy atom. The van der Waals surface area contributed by atoms with E-state index < -0.39 is 27.8 Å². The van der Waals surface area contributed by atoms with Gasteiger partial charge in [-0.05, 0) is 19.8 Å². The van der Waals surface area contributed by atoms with E-state index in [1.54, 1.807) is 0 Å². The molecule has 0 saturated heterocycles. The predicted molar refractivity (Wildman–Crippen MR) is 88.2 cm³/mol. The van der Waals surface area contributed by atoms with Gasteiger partial charge in [0.15, 0.2) is 9.84 Å². The van der Waals surface area contributed by atoms with Gasteiger partial charge in [0, 0.05) is 26.4 Å². The van der Waals surface area contributed by atoms with Crippen LogP contribution in [0.25, 0.3) is 0 Å². The van der Waals surface area contributed by atoms with Gasteiger partial charge in [0.2, 0.25) is 11.8 Å². The molecule has 0 bridgehead atoms.